The van der Waals surface area contributed by atoms with Crippen LogP contribution in [0.2, 0.25) is 5.02 Å². The number of anilines is 1. The minimum atomic E-state index is -5.08. The van der Waals surface area contributed by atoms with Crippen LogP contribution in [-0.4, -0.2) is 117 Å². The maximum Gasteiger partial charge on any atom is 0.490 e. The molecule has 3 rings (SSSR count). The molecule has 0 radical (unpaired) electrons. The van der Waals surface area contributed by atoms with Gasteiger partial charge in [0, 0.05) is 51.4 Å². The molecule has 1 aromatic rings. The molecule has 11 nitrogen and oxygen atoms in total. The predicted octanol–water partition coefficient (Wildman–Crippen LogP) is 2.12. The van der Waals surface area contributed by atoms with Crippen LogP contribution in [0, 0.1) is 0 Å². The van der Waals surface area contributed by atoms with Gasteiger partial charge >= 0.3 is 12.1 Å². The zero-order chi connectivity index (χ0) is 30.1. The average molecular weight is 616 g/mol. The molecule has 0 aliphatic carbocycles. The van der Waals surface area contributed by atoms with Crippen molar-refractivity contribution >= 4 is 39.2 Å². The van der Waals surface area contributed by atoms with Crippen molar-refractivity contribution in [1.29, 1.82) is 0 Å². The first-order valence-corrected chi connectivity index (χ1v) is 15.0. The maximum absolute atomic E-state index is 12.7. The van der Waals surface area contributed by atoms with Gasteiger partial charge < -0.3 is 30.7 Å². The smallest absolute Gasteiger partial charge is 0.490 e. The monoisotopic (exact) mass is 615 g/mol. The highest BCUT2D eigenvalue weighted by Crippen LogP contribution is 2.29. The number of aliphatic carboxylic acids is 1. The van der Waals surface area contributed by atoms with E-state index in [2.05, 4.69) is 15.1 Å². The zero-order valence-corrected chi connectivity index (χ0v) is 24.1. The number of amides is 1. The Balaban J connectivity index is 0.000000708. The van der Waals surface area contributed by atoms with Crippen molar-refractivity contribution in [3.05, 3.63) is 22.7 Å². The molecule has 40 heavy (non-hydrogen) atoms. The Morgan fingerprint density at radius 3 is 2.02 bits per heavy atom. The number of rotatable bonds is 9. The summed E-state index contributed by atoms with van der Waals surface area (Å²) in [5.41, 5.74) is 6.59. The fourth-order valence-electron chi connectivity index (χ4n) is 4.44. The zero-order valence-electron chi connectivity index (χ0n) is 22.5. The predicted molar refractivity (Wildman–Crippen MR) is 145 cm³/mol. The van der Waals surface area contributed by atoms with E-state index in [1.54, 1.807) is 16.4 Å². The van der Waals surface area contributed by atoms with Crippen molar-refractivity contribution < 1.29 is 41.0 Å². The molecule has 0 bridgehead atoms. The highest BCUT2D eigenvalue weighted by atomic mass is 35.5. The van der Waals surface area contributed by atoms with Gasteiger partial charge in [-0.1, -0.05) is 11.6 Å². The van der Waals surface area contributed by atoms with E-state index >= 15 is 0 Å². The number of nitrogen functional groups attached to an aromatic ring is 1. The quantitative estimate of drug-likeness (QED) is 0.281. The number of piperazine rings is 1. The highest BCUT2D eigenvalue weighted by molar-refractivity contribution is 7.88. The van der Waals surface area contributed by atoms with Crippen LogP contribution in [0.3, 0.4) is 0 Å². The minimum absolute atomic E-state index is 0.126. The fraction of sp³-hybridized carbons (Fsp3) is 0.667. The van der Waals surface area contributed by atoms with Crippen LogP contribution in [0.1, 0.15) is 36.0 Å². The van der Waals surface area contributed by atoms with E-state index in [1.807, 2.05) is 0 Å². The van der Waals surface area contributed by atoms with Gasteiger partial charge in [-0.2, -0.15) is 17.5 Å². The summed E-state index contributed by atoms with van der Waals surface area (Å²) in [6.45, 7) is 6.76. The number of carbonyl (C=O) groups excluding carboxylic acids is 1. The summed E-state index contributed by atoms with van der Waals surface area (Å²) in [5.74, 6) is -2.53. The number of nitrogens with zero attached hydrogens (tertiary/aromatic N) is 3. The number of hydrogen-bond acceptors (Lipinski definition) is 8. The number of piperidine rings is 1. The first-order valence-electron chi connectivity index (χ1n) is 12.8. The molecule has 0 atom stereocenters. The lowest BCUT2D eigenvalue weighted by molar-refractivity contribution is -0.192. The molecule has 0 saturated carbocycles. The van der Waals surface area contributed by atoms with Crippen molar-refractivity contribution in [2.24, 2.45) is 0 Å². The molecule has 2 heterocycles. The third-order valence-corrected chi connectivity index (χ3v) is 8.36. The van der Waals surface area contributed by atoms with Crippen molar-refractivity contribution in [3.8, 4) is 5.75 Å². The summed E-state index contributed by atoms with van der Waals surface area (Å²) < 4.78 is 61.8. The number of methoxy groups -OCH3 is 1. The summed E-state index contributed by atoms with van der Waals surface area (Å²) in [4.78, 5) is 26.4. The molecule has 2 saturated heterocycles. The molecule has 0 aromatic heterocycles. The Morgan fingerprint density at radius 2 is 1.57 bits per heavy atom. The topological polar surface area (TPSA) is 146 Å². The van der Waals surface area contributed by atoms with Crippen LogP contribution in [0.4, 0.5) is 18.9 Å². The van der Waals surface area contributed by atoms with E-state index in [0.29, 0.717) is 35.1 Å². The van der Waals surface area contributed by atoms with Gasteiger partial charge in [-0.25, -0.2) is 13.2 Å². The van der Waals surface area contributed by atoms with Gasteiger partial charge in [-0.15, -0.1) is 0 Å². The Kier molecular flexibility index (Phi) is 12.7. The van der Waals surface area contributed by atoms with Crippen LogP contribution in [-0.2, 0) is 14.8 Å². The van der Waals surface area contributed by atoms with E-state index in [-0.39, 0.29) is 11.9 Å². The van der Waals surface area contributed by atoms with Gasteiger partial charge in [0.1, 0.15) is 5.75 Å². The van der Waals surface area contributed by atoms with Crippen molar-refractivity contribution in [3.63, 3.8) is 0 Å². The number of carboxylic acid groups (broad SMARTS) is 1. The van der Waals surface area contributed by atoms with E-state index in [9.17, 15) is 26.4 Å². The van der Waals surface area contributed by atoms with E-state index in [0.717, 1.165) is 65.0 Å². The number of halogens is 4. The Bertz CT molecular complexity index is 1110. The van der Waals surface area contributed by atoms with Crippen molar-refractivity contribution in [1.82, 2.24) is 19.4 Å². The molecule has 2 aliphatic rings. The number of carboxylic acids is 1. The third kappa shape index (κ3) is 10.9. The standard InChI is InChI=1S/C22H36ClN5O4S.C2HF3O2/c1-32-21-16-20(24)19(23)15-18(21)22(29)25-17-5-9-26(10-6-17)7-3-4-8-27-11-13-28(14-12-27)33(2,30)31;3-2(4,5)1(6)7/h15-17H,3-14,24H2,1-2H3,(H,25,29);(H,6,7). The maximum atomic E-state index is 12.7. The molecule has 228 valence electrons. The lowest BCUT2D eigenvalue weighted by atomic mass is 10.0. The number of carbonyl (C=O) groups is 2. The second-order valence-corrected chi connectivity index (χ2v) is 12.1. The van der Waals surface area contributed by atoms with Crippen LogP contribution in [0.25, 0.3) is 0 Å². The normalized spacial score (nSPS) is 18.1. The van der Waals surface area contributed by atoms with Crippen LogP contribution < -0.4 is 15.8 Å². The first kappa shape index (κ1) is 33.9. The van der Waals surface area contributed by atoms with E-state index < -0.39 is 22.2 Å². The summed E-state index contributed by atoms with van der Waals surface area (Å²) >= 11 is 6.09. The number of hydrogen-bond donors (Lipinski definition) is 3. The third-order valence-electron chi connectivity index (χ3n) is 6.73. The van der Waals surface area contributed by atoms with E-state index in [4.69, 9.17) is 32.0 Å². The number of nitrogens with one attached hydrogen (secondary N) is 1. The first-order chi connectivity index (χ1) is 18.6. The second kappa shape index (κ2) is 15.1. The molecule has 4 N–H and O–H groups in total. The molecule has 1 aromatic carbocycles. The second-order valence-electron chi connectivity index (χ2n) is 9.68. The van der Waals surface area contributed by atoms with Crippen LogP contribution >= 0.6 is 11.6 Å². The van der Waals surface area contributed by atoms with Crippen LogP contribution in [0.15, 0.2) is 12.1 Å². The molecule has 16 heteroatoms. The van der Waals surface area contributed by atoms with Gasteiger partial charge in [-0.05, 0) is 44.8 Å². The molecular weight excluding hydrogens is 579 g/mol. The number of likely N-dealkylation sites (tertiary alicyclic amines) is 1. The van der Waals surface area contributed by atoms with Gasteiger partial charge in [0.05, 0.1) is 29.6 Å². The largest absolute Gasteiger partial charge is 0.496 e. The minimum Gasteiger partial charge on any atom is -0.496 e. The lowest BCUT2D eigenvalue weighted by Gasteiger charge is -2.34. The highest BCUT2D eigenvalue weighted by Gasteiger charge is 2.38. The summed E-state index contributed by atoms with van der Waals surface area (Å²) in [6.07, 6.45) is 0.230. The molecule has 2 aliphatic heterocycles. The Morgan fingerprint density at radius 1 is 1.07 bits per heavy atom. The molecule has 2 fully saturated rings. The summed E-state index contributed by atoms with van der Waals surface area (Å²) in [5, 5.41) is 10.6. The molecule has 0 spiro atoms. The van der Waals surface area contributed by atoms with Gasteiger partial charge in [0.15, 0.2) is 0 Å². The fourth-order valence-corrected chi connectivity index (χ4v) is 5.43. The van der Waals surface area contributed by atoms with Gasteiger partial charge in [0.25, 0.3) is 5.91 Å². The number of nitrogens with two attached hydrogens (primary N) is 1. The Labute approximate surface area is 237 Å². The molecule has 0 unspecified atom stereocenters. The number of benzene rings is 1. The SMILES string of the molecule is COc1cc(N)c(Cl)cc1C(=O)NC1CCN(CCCCN2CCN(S(C)(=O)=O)CC2)CC1.O=C(O)C(F)(F)F. The summed E-state index contributed by atoms with van der Waals surface area (Å²) in [6, 6.07) is 3.26. The molecule has 1 amide bonds. The van der Waals surface area contributed by atoms with Gasteiger partial charge in [-0.3, -0.25) is 4.79 Å². The van der Waals surface area contributed by atoms with Crippen molar-refractivity contribution in [2.45, 2.75) is 37.9 Å². The Hall–Kier alpha value is -2.33. The summed E-state index contributed by atoms with van der Waals surface area (Å²) in [7, 11) is -1.56. The van der Waals surface area contributed by atoms with Gasteiger partial charge in [0.2, 0.25) is 10.0 Å². The number of ether oxygens (including phenoxy) is 1. The average Bonchev–Trinajstić information content (AvgIpc) is 2.88. The van der Waals surface area contributed by atoms with E-state index in [1.165, 1.54) is 13.4 Å². The number of sulfonamides is 1. The number of unbranched alkanes of at least 4 members (excludes halogenated alkanes) is 1. The lowest BCUT2D eigenvalue weighted by Crippen LogP contribution is -2.48. The number of alkyl halides is 3. The van der Waals surface area contributed by atoms with Crippen LogP contribution in [0.5, 0.6) is 5.75 Å². The van der Waals surface area contributed by atoms with Crippen molar-refractivity contribution in [2.75, 3.05) is 71.5 Å². The molecular formula is C24H37ClF3N5O6S.